The van der Waals surface area contributed by atoms with Crippen LogP contribution in [0.3, 0.4) is 0 Å². The van der Waals surface area contributed by atoms with Crippen LogP contribution in [0.25, 0.3) is 5.70 Å². The van der Waals surface area contributed by atoms with E-state index in [9.17, 15) is 8.78 Å². The zero-order valence-electron chi connectivity index (χ0n) is 9.90. The Hall–Kier alpha value is -2.67. The van der Waals surface area contributed by atoms with Gasteiger partial charge in [0.15, 0.2) is 11.6 Å². The summed E-state index contributed by atoms with van der Waals surface area (Å²) in [6, 6.07) is 14.5. The Labute approximate surface area is 109 Å². The van der Waals surface area contributed by atoms with Crippen molar-refractivity contribution in [1.82, 2.24) is 0 Å². The average Bonchev–Trinajstić information content (AvgIpc) is 2.43. The van der Waals surface area contributed by atoms with Gasteiger partial charge in [0.2, 0.25) is 0 Å². The lowest BCUT2D eigenvalue weighted by Gasteiger charge is -2.10. The van der Waals surface area contributed by atoms with Crippen molar-refractivity contribution in [2.24, 2.45) is 0 Å². The van der Waals surface area contributed by atoms with E-state index in [0.717, 1.165) is 17.7 Å². The first kappa shape index (κ1) is 12.8. The first-order valence-electron chi connectivity index (χ1n) is 5.58. The number of nitrogens with zero attached hydrogens (tertiary/aromatic N) is 1. The fraction of sp³-hybridized carbons (Fsp3) is 0. The highest BCUT2D eigenvalue weighted by atomic mass is 19.2. The van der Waals surface area contributed by atoms with Gasteiger partial charge in [-0.15, -0.1) is 0 Å². The average molecular weight is 256 g/mol. The van der Waals surface area contributed by atoms with E-state index >= 15 is 0 Å². The molecular formula is C15H10F2N2. The fourth-order valence-electron chi connectivity index (χ4n) is 1.60. The maximum Gasteiger partial charge on any atom is 0.160 e. The molecule has 2 aromatic rings. The molecule has 94 valence electrons. The number of nitrogens with one attached hydrogen (secondary N) is 1. The lowest BCUT2D eigenvalue weighted by molar-refractivity contribution is 0.509. The number of halogens is 2. The van der Waals surface area contributed by atoms with Crippen molar-refractivity contribution < 1.29 is 8.78 Å². The zero-order chi connectivity index (χ0) is 13.7. The Morgan fingerprint density at radius 3 is 2.42 bits per heavy atom. The highest BCUT2D eigenvalue weighted by molar-refractivity contribution is 5.78. The molecule has 0 bridgehead atoms. The maximum atomic E-state index is 13.1. The molecule has 2 aromatic carbocycles. The Morgan fingerprint density at radius 1 is 1.05 bits per heavy atom. The van der Waals surface area contributed by atoms with E-state index in [1.165, 1.54) is 12.1 Å². The maximum absolute atomic E-state index is 13.1. The minimum Gasteiger partial charge on any atom is -0.354 e. The zero-order valence-corrected chi connectivity index (χ0v) is 9.90. The molecule has 0 spiro atoms. The van der Waals surface area contributed by atoms with Gasteiger partial charge in [-0.2, -0.15) is 5.26 Å². The Bertz CT molecular complexity index is 643. The van der Waals surface area contributed by atoms with E-state index < -0.39 is 11.6 Å². The van der Waals surface area contributed by atoms with Gasteiger partial charge in [-0.25, -0.2) is 8.78 Å². The molecule has 19 heavy (non-hydrogen) atoms. The first-order valence-corrected chi connectivity index (χ1v) is 5.58. The molecule has 0 unspecified atom stereocenters. The van der Waals surface area contributed by atoms with Gasteiger partial charge < -0.3 is 5.32 Å². The molecule has 4 heteroatoms. The van der Waals surface area contributed by atoms with Crippen LogP contribution in [0, 0.1) is 23.0 Å². The Morgan fingerprint density at radius 2 is 1.79 bits per heavy atom. The molecule has 0 amide bonds. The smallest absolute Gasteiger partial charge is 0.160 e. The summed E-state index contributed by atoms with van der Waals surface area (Å²) in [5.74, 6) is -1.84. The highest BCUT2D eigenvalue weighted by Gasteiger charge is 2.05. The fourth-order valence-corrected chi connectivity index (χ4v) is 1.60. The molecule has 0 saturated carbocycles. The lowest BCUT2D eigenvalue weighted by Crippen LogP contribution is -1.99. The summed E-state index contributed by atoms with van der Waals surface area (Å²) in [4.78, 5) is 0. The molecule has 0 aliphatic carbocycles. The third kappa shape index (κ3) is 3.17. The lowest BCUT2D eigenvalue weighted by atomic mass is 10.1. The van der Waals surface area contributed by atoms with Crippen LogP contribution in [0.4, 0.5) is 14.5 Å². The van der Waals surface area contributed by atoms with Crippen LogP contribution in [0.5, 0.6) is 0 Å². The molecule has 0 aromatic heterocycles. The van der Waals surface area contributed by atoms with Gasteiger partial charge in [-0.3, -0.25) is 0 Å². The van der Waals surface area contributed by atoms with Gasteiger partial charge in [-0.1, -0.05) is 30.3 Å². The van der Waals surface area contributed by atoms with Crippen LogP contribution in [0.1, 0.15) is 5.56 Å². The molecule has 1 N–H and O–H groups in total. The molecule has 0 atom stereocenters. The minimum atomic E-state index is -0.936. The summed E-state index contributed by atoms with van der Waals surface area (Å²) in [5, 5.41) is 11.7. The molecule has 0 saturated heterocycles. The molecular weight excluding hydrogens is 246 g/mol. The highest BCUT2D eigenvalue weighted by Crippen LogP contribution is 2.20. The van der Waals surface area contributed by atoms with E-state index in [1.54, 1.807) is 0 Å². The number of benzene rings is 2. The number of hydrogen-bond acceptors (Lipinski definition) is 2. The van der Waals surface area contributed by atoms with E-state index in [0.29, 0.717) is 11.4 Å². The normalized spacial score (nSPS) is 10.9. The number of hydrogen-bond donors (Lipinski definition) is 1. The van der Waals surface area contributed by atoms with Crippen molar-refractivity contribution in [1.29, 1.82) is 5.26 Å². The van der Waals surface area contributed by atoms with E-state index in [1.807, 2.05) is 36.4 Å². The Balaban J connectivity index is 2.30. The second-order valence-electron chi connectivity index (χ2n) is 3.81. The minimum absolute atomic E-state index is 0.379. The number of rotatable bonds is 3. The quantitative estimate of drug-likeness (QED) is 0.844. The van der Waals surface area contributed by atoms with Gasteiger partial charge >= 0.3 is 0 Å². The summed E-state index contributed by atoms with van der Waals surface area (Å²) in [7, 11) is 0. The van der Waals surface area contributed by atoms with E-state index in [-0.39, 0.29) is 0 Å². The molecule has 2 rings (SSSR count). The summed E-state index contributed by atoms with van der Waals surface area (Å²) in [6.07, 6.45) is 1.32. The van der Waals surface area contributed by atoms with Crippen LogP contribution in [-0.4, -0.2) is 0 Å². The molecule has 0 fully saturated rings. The van der Waals surface area contributed by atoms with E-state index in [4.69, 9.17) is 5.26 Å². The first-order chi connectivity index (χ1) is 9.20. The topological polar surface area (TPSA) is 35.8 Å². The second kappa shape index (κ2) is 5.78. The summed E-state index contributed by atoms with van der Waals surface area (Å²) in [6.45, 7) is 0. The summed E-state index contributed by atoms with van der Waals surface area (Å²) < 4.78 is 26.0. The van der Waals surface area contributed by atoms with Crippen LogP contribution in [0.2, 0.25) is 0 Å². The van der Waals surface area contributed by atoms with Gasteiger partial charge in [0.05, 0.1) is 11.8 Å². The Kier molecular flexibility index (Phi) is 3.89. The predicted molar refractivity (Wildman–Crippen MR) is 70.0 cm³/mol. The summed E-state index contributed by atoms with van der Waals surface area (Å²) in [5.41, 5.74) is 1.69. The van der Waals surface area contributed by atoms with Gasteiger partial charge in [0.25, 0.3) is 0 Å². The second-order valence-corrected chi connectivity index (χ2v) is 3.81. The van der Waals surface area contributed by atoms with Crippen LogP contribution >= 0.6 is 0 Å². The molecule has 0 aliphatic heterocycles. The molecule has 2 nitrogen and oxygen atoms in total. The standard InChI is InChI=1S/C15H10F2N2/c16-13-7-6-12(10-14(13)17)19-15(8-9-18)11-4-2-1-3-5-11/h1-8,10,19H/b15-8+. The van der Waals surface area contributed by atoms with Crippen molar-refractivity contribution in [2.75, 3.05) is 5.32 Å². The largest absolute Gasteiger partial charge is 0.354 e. The SMILES string of the molecule is N#C/C=C(/Nc1ccc(F)c(F)c1)c1ccccc1. The molecule has 0 aliphatic rings. The molecule has 0 radical (unpaired) electrons. The van der Waals surface area contributed by atoms with Crippen molar-refractivity contribution in [3.8, 4) is 6.07 Å². The number of allylic oxidation sites excluding steroid dienone is 1. The third-order valence-electron chi connectivity index (χ3n) is 2.49. The van der Waals surface area contributed by atoms with Gasteiger partial charge in [0, 0.05) is 17.8 Å². The van der Waals surface area contributed by atoms with Gasteiger partial charge in [0.1, 0.15) is 0 Å². The van der Waals surface area contributed by atoms with Crippen LogP contribution in [-0.2, 0) is 0 Å². The number of nitriles is 1. The number of anilines is 1. The summed E-state index contributed by atoms with van der Waals surface area (Å²) >= 11 is 0. The van der Waals surface area contributed by atoms with Crippen molar-refractivity contribution in [3.05, 3.63) is 71.8 Å². The van der Waals surface area contributed by atoms with Crippen LogP contribution < -0.4 is 5.32 Å². The van der Waals surface area contributed by atoms with Gasteiger partial charge in [-0.05, 0) is 17.7 Å². The third-order valence-corrected chi connectivity index (χ3v) is 2.49. The molecule has 0 heterocycles. The van der Waals surface area contributed by atoms with E-state index in [2.05, 4.69) is 5.32 Å². The van der Waals surface area contributed by atoms with Crippen molar-refractivity contribution >= 4 is 11.4 Å². The van der Waals surface area contributed by atoms with Crippen LogP contribution in [0.15, 0.2) is 54.6 Å². The van der Waals surface area contributed by atoms with Crippen molar-refractivity contribution in [2.45, 2.75) is 0 Å². The monoisotopic (exact) mass is 256 g/mol. The predicted octanol–water partition coefficient (Wildman–Crippen LogP) is 3.94. The van der Waals surface area contributed by atoms with Crippen molar-refractivity contribution in [3.63, 3.8) is 0 Å².